The van der Waals surface area contributed by atoms with Crippen LogP contribution in [0.25, 0.3) is 22.3 Å². The molecule has 194 valence electrons. The lowest BCUT2D eigenvalue weighted by Gasteiger charge is -2.36. The lowest BCUT2D eigenvalue weighted by atomic mass is 9.90. The van der Waals surface area contributed by atoms with Gasteiger partial charge in [-0.05, 0) is 71.5 Å². The molecule has 7 nitrogen and oxygen atoms in total. The molecule has 1 aromatic heterocycles. The summed E-state index contributed by atoms with van der Waals surface area (Å²) in [4.78, 5) is 22.5. The standard InChI is InChI=1S/C30H29FN4O3/c1-18-22(20-12-26(31)25(29(13-20)38-3)16-35-14-21(36)15-35)6-4-7-23(18)24-8-5-9-27(19(24)2)34-30(37)28-10-11-32-17-33-28/h4-13,17,21,36H,14-16H2,1-3H3,(H,34,37). The second kappa shape index (κ2) is 10.7. The number of ether oxygens (including phenoxy) is 1. The number of rotatable bonds is 7. The first-order valence-electron chi connectivity index (χ1n) is 12.4. The van der Waals surface area contributed by atoms with E-state index in [1.165, 1.54) is 12.5 Å². The van der Waals surface area contributed by atoms with Gasteiger partial charge in [0.25, 0.3) is 5.91 Å². The molecule has 1 fully saturated rings. The summed E-state index contributed by atoms with van der Waals surface area (Å²) in [5.74, 6) is -0.165. The zero-order valence-corrected chi connectivity index (χ0v) is 21.5. The van der Waals surface area contributed by atoms with E-state index in [0.29, 0.717) is 36.6 Å². The van der Waals surface area contributed by atoms with Gasteiger partial charge in [0.05, 0.1) is 13.2 Å². The van der Waals surface area contributed by atoms with Crippen LogP contribution in [0.3, 0.4) is 0 Å². The molecule has 2 heterocycles. The number of amides is 1. The van der Waals surface area contributed by atoms with Crippen LogP contribution in [0.15, 0.2) is 67.1 Å². The lowest BCUT2D eigenvalue weighted by Crippen LogP contribution is -2.49. The fourth-order valence-corrected chi connectivity index (χ4v) is 4.91. The van der Waals surface area contributed by atoms with Gasteiger partial charge in [-0.3, -0.25) is 9.69 Å². The van der Waals surface area contributed by atoms with E-state index < -0.39 is 0 Å². The molecular weight excluding hydrogens is 483 g/mol. The molecule has 0 aliphatic carbocycles. The number of methoxy groups -OCH3 is 1. The fourth-order valence-electron chi connectivity index (χ4n) is 4.91. The smallest absolute Gasteiger partial charge is 0.274 e. The molecule has 5 rings (SSSR count). The maximum absolute atomic E-state index is 15.3. The van der Waals surface area contributed by atoms with Crippen LogP contribution in [0.2, 0.25) is 0 Å². The number of aliphatic hydroxyl groups excluding tert-OH is 1. The number of nitrogens with zero attached hydrogens (tertiary/aromatic N) is 3. The predicted molar refractivity (Wildman–Crippen MR) is 145 cm³/mol. The second-order valence-electron chi connectivity index (χ2n) is 9.49. The number of aromatic nitrogens is 2. The zero-order chi connectivity index (χ0) is 26.8. The van der Waals surface area contributed by atoms with Gasteiger partial charge in [0.2, 0.25) is 0 Å². The highest BCUT2D eigenvalue weighted by molar-refractivity contribution is 6.03. The van der Waals surface area contributed by atoms with E-state index in [0.717, 1.165) is 33.4 Å². The van der Waals surface area contributed by atoms with Gasteiger partial charge in [0, 0.05) is 37.1 Å². The van der Waals surface area contributed by atoms with E-state index >= 15 is 4.39 Å². The van der Waals surface area contributed by atoms with E-state index in [1.54, 1.807) is 19.2 Å². The Bertz CT molecular complexity index is 1490. The highest BCUT2D eigenvalue weighted by Crippen LogP contribution is 2.38. The molecule has 0 atom stereocenters. The summed E-state index contributed by atoms with van der Waals surface area (Å²) in [7, 11) is 1.54. The van der Waals surface area contributed by atoms with Crippen LogP contribution >= 0.6 is 0 Å². The van der Waals surface area contributed by atoms with Crippen LogP contribution in [0.5, 0.6) is 5.75 Å². The Morgan fingerprint density at radius 1 is 1.08 bits per heavy atom. The first-order chi connectivity index (χ1) is 18.4. The average Bonchev–Trinajstić information content (AvgIpc) is 2.90. The molecule has 0 bridgehead atoms. The molecule has 0 unspecified atom stereocenters. The van der Waals surface area contributed by atoms with Crippen molar-refractivity contribution in [2.45, 2.75) is 26.5 Å². The number of nitrogens with one attached hydrogen (secondary N) is 1. The van der Waals surface area contributed by atoms with Crippen molar-refractivity contribution in [3.63, 3.8) is 0 Å². The van der Waals surface area contributed by atoms with Gasteiger partial charge in [-0.15, -0.1) is 0 Å². The molecule has 1 aliphatic rings. The van der Waals surface area contributed by atoms with Crippen molar-refractivity contribution in [1.29, 1.82) is 0 Å². The van der Waals surface area contributed by atoms with Gasteiger partial charge >= 0.3 is 0 Å². The number of aliphatic hydroxyl groups is 1. The number of β-amino-alcohol motifs (C(OH)–C–C–N with tert-alkyl or cyclic N) is 1. The Kier molecular flexibility index (Phi) is 7.18. The van der Waals surface area contributed by atoms with Gasteiger partial charge in [0.1, 0.15) is 23.6 Å². The molecule has 1 aliphatic heterocycles. The van der Waals surface area contributed by atoms with Gasteiger partial charge in [-0.1, -0.05) is 30.3 Å². The minimum absolute atomic E-state index is 0.285. The molecule has 4 aromatic rings. The van der Waals surface area contributed by atoms with Gasteiger partial charge < -0.3 is 15.2 Å². The average molecular weight is 513 g/mol. The third-order valence-electron chi connectivity index (χ3n) is 7.03. The van der Waals surface area contributed by atoms with Gasteiger partial charge in [-0.25, -0.2) is 14.4 Å². The first kappa shape index (κ1) is 25.5. The maximum atomic E-state index is 15.3. The van der Waals surface area contributed by atoms with Crippen molar-refractivity contribution in [3.8, 4) is 28.0 Å². The summed E-state index contributed by atoms with van der Waals surface area (Å²) in [6.07, 6.45) is 2.52. The molecule has 1 saturated heterocycles. The van der Waals surface area contributed by atoms with Crippen LogP contribution < -0.4 is 10.1 Å². The highest BCUT2D eigenvalue weighted by Gasteiger charge is 2.27. The second-order valence-corrected chi connectivity index (χ2v) is 9.49. The Labute approximate surface area is 221 Å². The SMILES string of the molecule is COc1cc(-c2cccc(-c3cccc(NC(=O)c4ccncn4)c3C)c2C)cc(F)c1CN1CC(O)C1. The van der Waals surface area contributed by atoms with Crippen LogP contribution in [0, 0.1) is 19.7 Å². The molecule has 8 heteroatoms. The van der Waals surface area contributed by atoms with Crippen LogP contribution in [0.1, 0.15) is 27.2 Å². The number of hydrogen-bond acceptors (Lipinski definition) is 6. The van der Waals surface area contributed by atoms with Crippen LogP contribution in [-0.4, -0.2) is 52.2 Å². The first-order valence-corrected chi connectivity index (χ1v) is 12.4. The number of carbonyl (C=O) groups is 1. The number of benzene rings is 3. The van der Waals surface area contributed by atoms with E-state index in [4.69, 9.17) is 4.74 Å². The van der Waals surface area contributed by atoms with E-state index in [9.17, 15) is 9.90 Å². The molecule has 1 amide bonds. The summed E-state index contributed by atoms with van der Waals surface area (Å²) in [6, 6.07) is 16.7. The highest BCUT2D eigenvalue weighted by atomic mass is 19.1. The largest absolute Gasteiger partial charge is 0.496 e. The molecule has 0 spiro atoms. The summed E-state index contributed by atoms with van der Waals surface area (Å²) >= 11 is 0. The normalized spacial score (nSPS) is 13.7. The summed E-state index contributed by atoms with van der Waals surface area (Å²) in [6.45, 7) is 5.42. The minimum Gasteiger partial charge on any atom is -0.496 e. The Hall–Kier alpha value is -4.14. The number of hydrogen-bond donors (Lipinski definition) is 2. The molecule has 3 aromatic carbocycles. The summed E-state index contributed by atoms with van der Waals surface area (Å²) < 4.78 is 20.9. The minimum atomic E-state index is -0.351. The van der Waals surface area contributed by atoms with E-state index in [1.807, 2.05) is 61.2 Å². The molecule has 0 radical (unpaired) electrons. The monoisotopic (exact) mass is 512 g/mol. The topological polar surface area (TPSA) is 87.6 Å². The number of anilines is 1. The quantitative estimate of drug-likeness (QED) is 0.362. The Balaban J connectivity index is 1.48. The van der Waals surface area contributed by atoms with Crippen molar-refractivity contribution >= 4 is 11.6 Å². The summed E-state index contributed by atoms with van der Waals surface area (Å²) in [5.41, 5.74) is 6.90. The van der Waals surface area contributed by atoms with Crippen molar-refractivity contribution in [3.05, 3.63) is 95.3 Å². The van der Waals surface area contributed by atoms with E-state index in [2.05, 4.69) is 15.3 Å². The third-order valence-corrected chi connectivity index (χ3v) is 7.03. The van der Waals surface area contributed by atoms with Gasteiger partial charge in [0.15, 0.2) is 0 Å². The Morgan fingerprint density at radius 3 is 2.47 bits per heavy atom. The molecular formula is C30H29FN4O3. The van der Waals surface area contributed by atoms with Crippen molar-refractivity contribution in [2.75, 3.05) is 25.5 Å². The maximum Gasteiger partial charge on any atom is 0.274 e. The number of halogens is 1. The molecule has 38 heavy (non-hydrogen) atoms. The van der Waals surface area contributed by atoms with Crippen molar-refractivity contribution < 1.29 is 19.0 Å². The van der Waals surface area contributed by atoms with Crippen molar-refractivity contribution in [1.82, 2.24) is 14.9 Å². The molecule has 0 saturated carbocycles. The fraction of sp³-hybridized carbons (Fsp3) is 0.233. The number of likely N-dealkylation sites (tertiary alicyclic amines) is 1. The van der Waals surface area contributed by atoms with Crippen LogP contribution in [0.4, 0.5) is 10.1 Å². The zero-order valence-electron chi connectivity index (χ0n) is 21.5. The summed E-state index contributed by atoms with van der Waals surface area (Å²) in [5, 5.41) is 12.5. The molecule has 2 N–H and O–H groups in total. The van der Waals surface area contributed by atoms with Gasteiger partial charge in [-0.2, -0.15) is 0 Å². The van der Waals surface area contributed by atoms with E-state index in [-0.39, 0.29) is 23.5 Å². The third kappa shape index (κ3) is 5.01. The van der Waals surface area contributed by atoms with Crippen LogP contribution in [-0.2, 0) is 6.54 Å². The lowest BCUT2D eigenvalue weighted by molar-refractivity contribution is -0.00380. The predicted octanol–water partition coefficient (Wildman–Crippen LogP) is 5.00. The Morgan fingerprint density at radius 2 is 1.79 bits per heavy atom. The number of carbonyl (C=O) groups excluding carboxylic acids is 1. The van der Waals surface area contributed by atoms with Crippen molar-refractivity contribution in [2.24, 2.45) is 0 Å².